The van der Waals surface area contributed by atoms with Crippen molar-refractivity contribution in [3.8, 4) is 0 Å². The smallest absolute Gasteiger partial charge is 0.240 e. The largest absolute Gasteiger partial charge is 0.338 e. The molecule has 7 heteroatoms. The summed E-state index contributed by atoms with van der Waals surface area (Å²) in [6, 6.07) is 0.214. The Bertz CT molecular complexity index is 497. The topological polar surface area (TPSA) is 85.1 Å². The monoisotopic (exact) mass is 273 g/mol. The molecule has 1 aromatic heterocycles. The zero-order valence-corrected chi connectivity index (χ0v) is 11.5. The molecule has 0 bridgehead atoms. The van der Waals surface area contributed by atoms with Crippen LogP contribution in [0.4, 0.5) is 0 Å². The van der Waals surface area contributed by atoms with Crippen molar-refractivity contribution in [1.82, 2.24) is 15.5 Å². The Morgan fingerprint density at radius 3 is 2.83 bits per heavy atom. The fourth-order valence-corrected chi connectivity index (χ4v) is 3.54. The Morgan fingerprint density at radius 1 is 1.44 bits per heavy atom. The highest BCUT2D eigenvalue weighted by Gasteiger charge is 2.28. The van der Waals surface area contributed by atoms with Crippen LogP contribution in [0, 0.1) is 6.92 Å². The minimum Gasteiger partial charge on any atom is -0.338 e. The predicted octanol–water partition coefficient (Wildman–Crippen LogP) is 0.823. The van der Waals surface area contributed by atoms with Gasteiger partial charge in [-0.25, -0.2) is 8.42 Å². The second-order valence-electron chi connectivity index (χ2n) is 4.93. The lowest BCUT2D eigenvalue weighted by Gasteiger charge is -2.28. The SMILES string of the molecule is Cc1noc(CNC2CCCC(S(C)(=O)=O)C2)n1. The van der Waals surface area contributed by atoms with Crippen LogP contribution in [0.25, 0.3) is 0 Å². The van der Waals surface area contributed by atoms with Gasteiger partial charge in [0.05, 0.1) is 11.8 Å². The highest BCUT2D eigenvalue weighted by Crippen LogP contribution is 2.24. The molecule has 2 rings (SSSR count). The maximum Gasteiger partial charge on any atom is 0.240 e. The second-order valence-corrected chi connectivity index (χ2v) is 7.26. The van der Waals surface area contributed by atoms with E-state index in [0.717, 1.165) is 19.3 Å². The summed E-state index contributed by atoms with van der Waals surface area (Å²) in [4.78, 5) is 4.10. The van der Waals surface area contributed by atoms with E-state index in [2.05, 4.69) is 15.5 Å². The van der Waals surface area contributed by atoms with Crippen molar-refractivity contribution in [3.63, 3.8) is 0 Å². The summed E-state index contributed by atoms with van der Waals surface area (Å²) >= 11 is 0. The van der Waals surface area contributed by atoms with Crippen molar-refractivity contribution in [2.75, 3.05) is 6.26 Å². The van der Waals surface area contributed by atoms with E-state index in [1.54, 1.807) is 6.92 Å². The van der Waals surface area contributed by atoms with Gasteiger partial charge in [0.25, 0.3) is 0 Å². The van der Waals surface area contributed by atoms with Gasteiger partial charge in [0.15, 0.2) is 5.82 Å². The number of aryl methyl sites for hydroxylation is 1. The molecule has 1 aliphatic carbocycles. The van der Waals surface area contributed by atoms with Crippen molar-refractivity contribution >= 4 is 9.84 Å². The van der Waals surface area contributed by atoms with E-state index in [1.165, 1.54) is 6.26 Å². The number of rotatable bonds is 4. The predicted molar refractivity (Wildman–Crippen MR) is 66.8 cm³/mol. The number of sulfone groups is 1. The van der Waals surface area contributed by atoms with Crippen LogP contribution in [0.5, 0.6) is 0 Å². The van der Waals surface area contributed by atoms with E-state index in [0.29, 0.717) is 24.7 Å². The van der Waals surface area contributed by atoms with Gasteiger partial charge in [-0.2, -0.15) is 4.98 Å². The van der Waals surface area contributed by atoms with Gasteiger partial charge in [0, 0.05) is 12.3 Å². The van der Waals surface area contributed by atoms with E-state index in [9.17, 15) is 8.42 Å². The molecule has 0 spiro atoms. The van der Waals surface area contributed by atoms with E-state index in [4.69, 9.17) is 4.52 Å². The number of hydrogen-bond acceptors (Lipinski definition) is 6. The van der Waals surface area contributed by atoms with Crippen molar-refractivity contribution in [3.05, 3.63) is 11.7 Å². The molecular weight excluding hydrogens is 254 g/mol. The highest BCUT2D eigenvalue weighted by molar-refractivity contribution is 7.91. The molecule has 1 heterocycles. The summed E-state index contributed by atoms with van der Waals surface area (Å²) in [6.07, 6.45) is 4.71. The van der Waals surface area contributed by atoms with Crippen LogP contribution >= 0.6 is 0 Å². The van der Waals surface area contributed by atoms with Crippen LogP contribution in [0.1, 0.15) is 37.4 Å². The fraction of sp³-hybridized carbons (Fsp3) is 0.818. The number of nitrogens with zero attached hydrogens (tertiary/aromatic N) is 2. The zero-order chi connectivity index (χ0) is 13.2. The number of aromatic nitrogens is 2. The van der Waals surface area contributed by atoms with Gasteiger partial charge in [-0.05, 0) is 26.2 Å². The quantitative estimate of drug-likeness (QED) is 0.874. The highest BCUT2D eigenvalue weighted by atomic mass is 32.2. The van der Waals surface area contributed by atoms with Crippen LogP contribution in [-0.4, -0.2) is 36.1 Å². The third kappa shape index (κ3) is 3.52. The van der Waals surface area contributed by atoms with E-state index in [1.807, 2.05) is 0 Å². The molecule has 1 fully saturated rings. The molecule has 1 aromatic rings. The van der Waals surface area contributed by atoms with Crippen LogP contribution in [0.2, 0.25) is 0 Å². The van der Waals surface area contributed by atoms with Gasteiger partial charge >= 0.3 is 0 Å². The fourth-order valence-electron chi connectivity index (χ4n) is 2.36. The Balaban J connectivity index is 1.86. The Labute approximate surface area is 107 Å². The molecule has 1 aliphatic rings. The number of nitrogens with one attached hydrogen (secondary N) is 1. The first-order valence-electron chi connectivity index (χ1n) is 6.16. The van der Waals surface area contributed by atoms with Gasteiger partial charge in [0.1, 0.15) is 9.84 Å². The summed E-state index contributed by atoms with van der Waals surface area (Å²) in [6.45, 7) is 2.27. The molecule has 0 saturated heterocycles. The van der Waals surface area contributed by atoms with E-state index >= 15 is 0 Å². The Kier molecular flexibility index (Phi) is 4.01. The molecular formula is C11H19N3O3S. The molecule has 0 radical (unpaired) electrons. The van der Waals surface area contributed by atoms with Crippen LogP contribution in [-0.2, 0) is 16.4 Å². The van der Waals surface area contributed by atoms with Gasteiger partial charge in [-0.1, -0.05) is 11.6 Å². The summed E-state index contributed by atoms with van der Waals surface area (Å²) in [5.74, 6) is 1.17. The summed E-state index contributed by atoms with van der Waals surface area (Å²) in [5.41, 5.74) is 0. The average Bonchev–Trinajstić information content (AvgIpc) is 2.72. The normalized spacial score (nSPS) is 25.2. The summed E-state index contributed by atoms with van der Waals surface area (Å²) in [7, 11) is -2.93. The van der Waals surface area contributed by atoms with E-state index < -0.39 is 9.84 Å². The van der Waals surface area contributed by atoms with Crippen LogP contribution < -0.4 is 5.32 Å². The lowest BCUT2D eigenvalue weighted by molar-refractivity contribution is 0.326. The zero-order valence-electron chi connectivity index (χ0n) is 10.7. The minimum atomic E-state index is -2.93. The first kappa shape index (κ1) is 13.5. The van der Waals surface area contributed by atoms with E-state index in [-0.39, 0.29) is 11.3 Å². The molecule has 1 saturated carbocycles. The average molecular weight is 273 g/mol. The molecule has 0 aromatic carbocycles. The second kappa shape index (κ2) is 5.36. The summed E-state index contributed by atoms with van der Waals surface area (Å²) in [5, 5.41) is 6.79. The molecule has 2 atom stereocenters. The molecule has 2 unspecified atom stereocenters. The molecule has 6 nitrogen and oxygen atoms in total. The Hall–Kier alpha value is -0.950. The van der Waals surface area contributed by atoms with Crippen molar-refractivity contribution in [1.29, 1.82) is 0 Å². The molecule has 0 aliphatic heterocycles. The van der Waals surface area contributed by atoms with Gasteiger partial charge in [0.2, 0.25) is 5.89 Å². The van der Waals surface area contributed by atoms with Crippen molar-refractivity contribution in [2.45, 2.75) is 50.4 Å². The summed E-state index contributed by atoms with van der Waals surface area (Å²) < 4.78 is 28.1. The maximum atomic E-state index is 11.5. The Morgan fingerprint density at radius 2 is 2.22 bits per heavy atom. The molecule has 1 N–H and O–H groups in total. The van der Waals surface area contributed by atoms with Crippen LogP contribution in [0.3, 0.4) is 0 Å². The maximum absolute atomic E-state index is 11.5. The first-order valence-corrected chi connectivity index (χ1v) is 8.12. The van der Waals surface area contributed by atoms with Crippen molar-refractivity contribution in [2.24, 2.45) is 0 Å². The molecule has 18 heavy (non-hydrogen) atoms. The lowest BCUT2D eigenvalue weighted by Crippen LogP contribution is -2.38. The third-order valence-electron chi connectivity index (χ3n) is 3.34. The van der Waals surface area contributed by atoms with Gasteiger partial charge in [-0.15, -0.1) is 0 Å². The van der Waals surface area contributed by atoms with Crippen molar-refractivity contribution < 1.29 is 12.9 Å². The lowest BCUT2D eigenvalue weighted by atomic mass is 9.95. The molecule has 0 amide bonds. The first-order chi connectivity index (χ1) is 8.45. The van der Waals surface area contributed by atoms with Gasteiger partial charge < -0.3 is 9.84 Å². The van der Waals surface area contributed by atoms with Gasteiger partial charge in [-0.3, -0.25) is 0 Å². The number of hydrogen-bond donors (Lipinski definition) is 1. The minimum absolute atomic E-state index is 0.214. The molecule has 102 valence electrons. The third-order valence-corrected chi connectivity index (χ3v) is 4.98. The standard InChI is InChI=1S/C11H19N3O3S/c1-8-13-11(17-14-8)7-12-9-4-3-5-10(6-9)18(2,15)16/h9-10,12H,3-7H2,1-2H3. The van der Waals surface area contributed by atoms with Crippen LogP contribution in [0.15, 0.2) is 4.52 Å².